The van der Waals surface area contributed by atoms with E-state index in [9.17, 15) is 9.90 Å². The van der Waals surface area contributed by atoms with Crippen molar-refractivity contribution in [2.75, 3.05) is 26.9 Å². The molecule has 1 aromatic rings. The van der Waals surface area contributed by atoms with E-state index >= 15 is 0 Å². The van der Waals surface area contributed by atoms with Crippen LogP contribution in [0.4, 0.5) is 0 Å². The number of aromatic hydroxyl groups is 1. The monoisotopic (exact) mass is 339 g/mol. The summed E-state index contributed by atoms with van der Waals surface area (Å²) in [5, 5.41) is 9.70. The van der Waals surface area contributed by atoms with Crippen molar-refractivity contribution in [1.29, 1.82) is 0 Å². The van der Waals surface area contributed by atoms with Gasteiger partial charge in [0.15, 0.2) is 11.5 Å². The molecule has 0 bridgehead atoms. The Labute approximate surface area is 138 Å². The molecule has 1 N–H and O–H groups in total. The molecule has 1 saturated heterocycles. The smallest absolute Gasteiger partial charge is 0.266 e. The van der Waals surface area contributed by atoms with E-state index in [-0.39, 0.29) is 11.7 Å². The Morgan fingerprint density at radius 1 is 1.45 bits per heavy atom. The summed E-state index contributed by atoms with van der Waals surface area (Å²) in [5.41, 5.74) is 0.772. The molecule has 5 nitrogen and oxygen atoms in total. The van der Waals surface area contributed by atoms with Crippen molar-refractivity contribution >= 4 is 40.3 Å². The molecule has 1 fully saturated rings. The van der Waals surface area contributed by atoms with Gasteiger partial charge in [-0.25, -0.2) is 0 Å². The Balaban J connectivity index is 2.21. The molecule has 7 heteroatoms. The first kappa shape index (κ1) is 16.8. The molecule has 0 atom stereocenters. The molecule has 1 aliphatic heterocycles. The van der Waals surface area contributed by atoms with Gasteiger partial charge in [0.25, 0.3) is 5.91 Å². The van der Waals surface area contributed by atoms with E-state index in [0.717, 1.165) is 5.56 Å². The van der Waals surface area contributed by atoms with E-state index in [4.69, 9.17) is 21.7 Å². The highest BCUT2D eigenvalue weighted by molar-refractivity contribution is 8.26. The van der Waals surface area contributed by atoms with Crippen LogP contribution < -0.4 is 4.74 Å². The minimum absolute atomic E-state index is 0.0756. The molecular weight excluding hydrogens is 322 g/mol. The molecular formula is C15H17NO4S2. The van der Waals surface area contributed by atoms with Crippen molar-refractivity contribution in [3.63, 3.8) is 0 Å². The molecule has 0 spiro atoms. The number of thiocarbonyl (C=S) groups is 1. The molecule has 0 saturated carbocycles. The molecule has 1 aliphatic rings. The van der Waals surface area contributed by atoms with E-state index in [1.165, 1.54) is 16.7 Å². The highest BCUT2D eigenvalue weighted by Gasteiger charge is 2.31. The second-order valence-corrected chi connectivity index (χ2v) is 6.16. The summed E-state index contributed by atoms with van der Waals surface area (Å²) in [6.45, 7) is 3.18. The average Bonchev–Trinajstić information content (AvgIpc) is 2.75. The maximum Gasteiger partial charge on any atom is 0.266 e. The summed E-state index contributed by atoms with van der Waals surface area (Å²) < 4.78 is 10.8. The lowest BCUT2D eigenvalue weighted by Crippen LogP contribution is -2.31. The van der Waals surface area contributed by atoms with Crippen molar-refractivity contribution in [3.8, 4) is 11.5 Å². The lowest BCUT2D eigenvalue weighted by molar-refractivity contribution is -0.122. The number of ether oxygens (including phenoxy) is 2. The summed E-state index contributed by atoms with van der Waals surface area (Å²) in [4.78, 5) is 14.4. The number of carbonyl (C=O) groups excluding carboxylic acids is 1. The minimum Gasteiger partial charge on any atom is -0.504 e. The molecule has 1 aromatic carbocycles. The normalized spacial score (nSPS) is 16.6. The van der Waals surface area contributed by atoms with Gasteiger partial charge < -0.3 is 14.6 Å². The topological polar surface area (TPSA) is 59.0 Å². The van der Waals surface area contributed by atoms with Crippen LogP contribution in [-0.4, -0.2) is 47.1 Å². The average molecular weight is 339 g/mol. The lowest BCUT2D eigenvalue weighted by atomic mass is 10.2. The maximum absolute atomic E-state index is 12.3. The molecule has 118 valence electrons. The zero-order valence-corrected chi connectivity index (χ0v) is 14.0. The van der Waals surface area contributed by atoms with Crippen LogP contribution in [0.2, 0.25) is 0 Å². The van der Waals surface area contributed by atoms with E-state index in [2.05, 4.69) is 0 Å². The van der Waals surface area contributed by atoms with Gasteiger partial charge in [-0.3, -0.25) is 9.69 Å². The van der Waals surface area contributed by atoms with Crippen LogP contribution in [0, 0.1) is 0 Å². The Bertz CT molecular complexity index is 616. The number of phenolic OH excluding ortho intramolecular Hbond substituents is 1. The number of amides is 1. The van der Waals surface area contributed by atoms with Crippen molar-refractivity contribution < 1.29 is 19.4 Å². The Morgan fingerprint density at radius 3 is 2.91 bits per heavy atom. The van der Waals surface area contributed by atoms with Gasteiger partial charge in [-0.1, -0.05) is 30.0 Å². The number of hydrogen-bond donors (Lipinski definition) is 1. The second kappa shape index (κ2) is 7.62. The lowest BCUT2D eigenvalue weighted by Gasteiger charge is -2.12. The van der Waals surface area contributed by atoms with E-state index in [1.807, 2.05) is 6.92 Å². The fourth-order valence-corrected chi connectivity index (χ4v) is 3.23. The number of rotatable bonds is 6. The first-order chi connectivity index (χ1) is 10.6. The number of phenols is 1. The second-order valence-electron chi connectivity index (χ2n) is 4.49. The fraction of sp³-hybridized carbons (Fsp3) is 0.333. The Hall–Kier alpha value is -1.57. The van der Waals surface area contributed by atoms with E-state index < -0.39 is 0 Å². The van der Waals surface area contributed by atoms with Gasteiger partial charge in [-0.05, 0) is 30.7 Å². The number of carbonyl (C=O) groups is 1. The number of hydrogen-bond acceptors (Lipinski definition) is 6. The third-order valence-corrected chi connectivity index (χ3v) is 4.35. The maximum atomic E-state index is 12.3. The predicted octanol–water partition coefficient (Wildman–Crippen LogP) is 2.64. The van der Waals surface area contributed by atoms with E-state index in [0.29, 0.717) is 34.7 Å². The molecule has 1 amide bonds. The molecule has 0 unspecified atom stereocenters. The summed E-state index contributed by atoms with van der Waals surface area (Å²) in [5.74, 6) is 0.343. The van der Waals surface area contributed by atoms with Gasteiger partial charge in [0, 0.05) is 7.11 Å². The molecule has 0 aliphatic carbocycles. The van der Waals surface area contributed by atoms with Crippen molar-refractivity contribution in [1.82, 2.24) is 4.90 Å². The van der Waals surface area contributed by atoms with Crippen LogP contribution in [0.3, 0.4) is 0 Å². The fourth-order valence-electron chi connectivity index (χ4n) is 1.92. The van der Waals surface area contributed by atoms with Crippen LogP contribution in [0.1, 0.15) is 12.5 Å². The quantitative estimate of drug-likeness (QED) is 0.635. The number of thioether (sulfide) groups is 1. The number of nitrogens with zero attached hydrogens (tertiary/aromatic N) is 1. The third kappa shape index (κ3) is 3.79. The molecule has 2 rings (SSSR count). The molecule has 22 heavy (non-hydrogen) atoms. The summed E-state index contributed by atoms with van der Waals surface area (Å²) >= 11 is 6.48. The molecule has 0 aromatic heterocycles. The largest absolute Gasteiger partial charge is 0.504 e. The van der Waals surface area contributed by atoms with Gasteiger partial charge >= 0.3 is 0 Å². The van der Waals surface area contributed by atoms with Crippen LogP contribution in [-0.2, 0) is 9.53 Å². The Morgan fingerprint density at radius 2 is 2.23 bits per heavy atom. The van der Waals surface area contributed by atoms with Crippen LogP contribution >= 0.6 is 24.0 Å². The SMILES string of the molecule is CCOc1cc(/C=C2\SC(=S)N(CCOC)C2=O)ccc1O. The summed E-state index contributed by atoms with van der Waals surface area (Å²) in [6, 6.07) is 4.96. The van der Waals surface area contributed by atoms with Gasteiger partial charge in [0.1, 0.15) is 4.32 Å². The van der Waals surface area contributed by atoms with Crippen LogP contribution in [0.15, 0.2) is 23.1 Å². The van der Waals surface area contributed by atoms with Crippen LogP contribution in [0.25, 0.3) is 6.08 Å². The number of benzene rings is 1. The summed E-state index contributed by atoms with van der Waals surface area (Å²) in [6.07, 6.45) is 1.74. The minimum atomic E-state index is -0.127. The van der Waals surface area contributed by atoms with Crippen molar-refractivity contribution in [2.24, 2.45) is 0 Å². The van der Waals surface area contributed by atoms with Gasteiger partial charge in [-0.2, -0.15) is 0 Å². The highest BCUT2D eigenvalue weighted by atomic mass is 32.2. The Kier molecular flexibility index (Phi) is 5.82. The highest BCUT2D eigenvalue weighted by Crippen LogP contribution is 2.34. The predicted molar refractivity (Wildman–Crippen MR) is 91.0 cm³/mol. The molecule has 1 heterocycles. The first-order valence-corrected chi connectivity index (χ1v) is 7.99. The zero-order valence-electron chi connectivity index (χ0n) is 12.4. The van der Waals surface area contributed by atoms with Crippen molar-refractivity contribution in [3.05, 3.63) is 28.7 Å². The van der Waals surface area contributed by atoms with Gasteiger partial charge in [0.05, 0.1) is 24.7 Å². The van der Waals surface area contributed by atoms with E-state index in [1.54, 1.807) is 31.4 Å². The molecule has 0 radical (unpaired) electrons. The standard InChI is InChI=1S/C15H17NO4S2/c1-3-20-12-8-10(4-5-11(12)17)9-13-14(18)16(6-7-19-2)15(21)22-13/h4-5,8-9,17H,3,6-7H2,1-2H3/b13-9-. The van der Waals surface area contributed by atoms with Crippen molar-refractivity contribution in [2.45, 2.75) is 6.92 Å². The van der Waals surface area contributed by atoms with Gasteiger partial charge in [0.2, 0.25) is 0 Å². The summed E-state index contributed by atoms with van der Waals surface area (Å²) in [7, 11) is 1.58. The first-order valence-electron chi connectivity index (χ1n) is 6.77. The zero-order chi connectivity index (χ0) is 16.1. The third-order valence-electron chi connectivity index (χ3n) is 2.97. The van der Waals surface area contributed by atoms with Gasteiger partial charge in [-0.15, -0.1) is 0 Å². The number of methoxy groups -OCH3 is 1. The van der Waals surface area contributed by atoms with Crippen LogP contribution in [0.5, 0.6) is 11.5 Å².